The highest BCUT2D eigenvalue weighted by atomic mass is 32.2. The maximum atomic E-state index is 12.3. The fourth-order valence-electron chi connectivity index (χ4n) is 2.39. The first-order valence-electron chi connectivity index (χ1n) is 8.56. The number of anilines is 1. The number of aromatic amines is 1. The molecular formula is C19H24N2O5S. The minimum atomic E-state index is -1.47. The van der Waals surface area contributed by atoms with Gasteiger partial charge >= 0.3 is 0 Å². The maximum Gasteiger partial charge on any atom is 0.237 e. The summed E-state index contributed by atoms with van der Waals surface area (Å²) in [5.41, 5.74) is 1.71. The molecule has 0 aliphatic heterocycles. The van der Waals surface area contributed by atoms with Crippen molar-refractivity contribution in [1.82, 2.24) is 4.98 Å². The van der Waals surface area contributed by atoms with Gasteiger partial charge in [0, 0.05) is 28.8 Å². The quantitative estimate of drug-likeness (QED) is 0.683. The summed E-state index contributed by atoms with van der Waals surface area (Å²) in [6, 6.07) is 6.77. The summed E-state index contributed by atoms with van der Waals surface area (Å²) in [5.74, 6) is 0.263. The zero-order valence-corrected chi connectivity index (χ0v) is 16.5. The molecule has 146 valence electrons. The maximum absolute atomic E-state index is 12.3. The van der Waals surface area contributed by atoms with E-state index in [0.29, 0.717) is 23.7 Å². The second-order valence-electron chi connectivity index (χ2n) is 6.02. The Morgan fingerprint density at radius 3 is 2.70 bits per heavy atom. The molecule has 0 spiro atoms. The van der Waals surface area contributed by atoms with Crippen LogP contribution in [-0.2, 0) is 21.3 Å². The van der Waals surface area contributed by atoms with Crippen molar-refractivity contribution in [1.29, 1.82) is 0 Å². The first-order valence-corrected chi connectivity index (χ1v) is 10.1. The standard InChI is InChI=1S/C19H24N2O5S/c1-4-7-26-18-10-20-14(9-16(18)22)11-27(24)12-19(23)21-15-8-13(2)5-6-17(15)25-3/h5-6,8-10H,4,7,11-12H2,1-3H3,(H,20,22)(H,21,23). The molecule has 27 heavy (non-hydrogen) atoms. The van der Waals surface area contributed by atoms with Crippen LogP contribution < -0.4 is 20.2 Å². The van der Waals surface area contributed by atoms with Gasteiger partial charge in [-0.3, -0.25) is 13.8 Å². The van der Waals surface area contributed by atoms with Crippen molar-refractivity contribution in [2.75, 3.05) is 24.8 Å². The fraction of sp³-hybridized carbons (Fsp3) is 0.368. The lowest BCUT2D eigenvalue weighted by molar-refractivity contribution is -0.113. The van der Waals surface area contributed by atoms with E-state index in [4.69, 9.17) is 9.47 Å². The van der Waals surface area contributed by atoms with Crippen LogP contribution in [-0.4, -0.2) is 34.6 Å². The summed E-state index contributed by atoms with van der Waals surface area (Å²) < 4.78 is 22.8. The normalized spacial score (nSPS) is 11.7. The number of carbonyl (C=O) groups is 1. The lowest BCUT2D eigenvalue weighted by atomic mass is 10.2. The third-order valence-electron chi connectivity index (χ3n) is 3.64. The average Bonchev–Trinajstić information content (AvgIpc) is 2.61. The van der Waals surface area contributed by atoms with Gasteiger partial charge in [0.2, 0.25) is 11.3 Å². The van der Waals surface area contributed by atoms with E-state index >= 15 is 0 Å². The summed E-state index contributed by atoms with van der Waals surface area (Å²) in [7, 11) is 0.0439. The summed E-state index contributed by atoms with van der Waals surface area (Å²) in [4.78, 5) is 27.0. The van der Waals surface area contributed by atoms with E-state index in [1.807, 2.05) is 19.9 Å². The van der Waals surface area contributed by atoms with Crippen LogP contribution in [0.3, 0.4) is 0 Å². The molecule has 1 aromatic heterocycles. The summed E-state index contributed by atoms with van der Waals surface area (Å²) in [6.07, 6.45) is 2.26. The highest BCUT2D eigenvalue weighted by molar-refractivity contribution is 7.84. The van der Waals surface area contributed by atoms with Crippen molar-refractivity contribution in [2.24, 2.45) is 0 Å². The fourth-order valence-corrected chi connectivity index (χ4v) is 3.37. The van der Waals surface area contributed by atoms with Crippen molar-refractivity contribution in [2.45, 2.75) is 26.0 Å². The van der Waals surface area contributed by atoms with Crippen LogP contribution in [0.2, 0.25) is 0 Å². The number of carbonyl (C=O) groups excluding carboxylic acids is 1. The predicted molar refractivity (Wildman–Crippen MR) is 106 cm³/mol. The molecule has 2 N–H and O–H groups in total. The largest absolute Gasteiger partial charge is 0.495 e. The van der Waals surface area contributed by atoms with E-state index in [1.54, 1.807) is 12.1 Å². The van der Waals surface area contributed by atoms with Crippen LogP contribution in [0.15, 0.2) is 35.3 Å². The van der Waals surface area contributed by atoms with Crippen molar-refractivity contribution in [3.8, 4) is 11.5 Å². The molecule has 2 rings (SSSR count). The molecule has 8 heteroatoms. The van der Waals surface area contributed by atoms with Crippen LogP contribution in [0.5, 0.6) is 11.5 Å². The highest BCUT2D eigenvalue weighted by Gasteiger charge is 2.13. The van der Waals surface area contributed by atoms with Gasteiger partial charge in [0.25, 0.3) is 0 Å². The predicted octanol–water partition coefficient (Wildman–Crippen LogP) is 2.37. The van der Waals surface area contributed by atoms with Gasteiger partial charge in [0.15, 0.2) is 5.75 Å². The molecule has 1 unspecified atom stereocenters. The Labute approximate surface area is 160 Å². The molecule has 1 atom stereocenters. The van der Waals surface area contributed by atoms with Crippen LogP contribution >= 0.6 is 0 Å². The van der Waals surface area contributed by atoms with Gasteiger partial charge in [-0.25, -0.2) is 0 Å². The smallest absolute Gasteiger partial charge is 0.237 e. The first kappa shape index (κ1) is 20.7. The molecule has 2 aromatic rings. The molecule has 0 saturated carbocycles. The van der Waals surface area contributed by atoms with Gasteiger partial charge in [-0.15, -0.1) is 0 Å². The Kier molecular flexibility index (Phi) is 7.60. The Morgan fingerprint density at radius 1 is 1.26 bits per heavy atom. The molecule has 1 aromatic carbocycles. The molecule has 0 radical (unpaired) electrons. The van der Waals surface area contributed by atoms with Gasteiger partial charge in [0.05, 0.1) is 25.2 Å². The Hall–Kier alpha value is -2.61. The first-order chi connectivity index (χ1) is 12.9. The van der Waals surface area contributed by atoms with E-state index in [-0.39, 0.29) is 28.6 Å². The molecule has 0 saturated heterocycles. The van der Waals surface area contributed by atoms with E-state index in [0.717, 1.165) is 12.0 Å². The molecule has 0 bridgehead atoms. The van der Waals surface area contributed by atoms with E-state index < -0.39 is 10.8 Å². The number of benzene rings is 1. The van der Waals surface area contributed by atoms with Gasteiger partial charge in [-0.1, -0.05) is 13.0 Å². The lowest BCUT2D eigenvalue weighted by Crippen LogP contribution is -2.21. The summed E-state index contributed by atoms with van der Waals surface area (Å²) in [5, 5.41) is 2.71. The molecule has 0 aliphatic carbocycles. The zero-order chi connectivity index (χ0) is 19.8. The molecular weight excluding hydrogens is 368 g/mol. The van der Waals surface area contributed by atoms with E-state index in [1.165, 1.54) is 19.4 Å². The minimum Gasteiger partial charge on any atom is -0.495 e. The molecule has 0 aliphatic rings. The molecule has 1 amide bonds. The van der Waals surface area contributed by atoms with Crippen LogP contribution in [0.25, 0.3) is 0 Å². The summed E-state index contributed by atoms with van der Waals surface area (Å²) in [6.45, 7) is 4.30. The molecule has 7 nitrogen and oxygen atoms in total. The van der Waals surface area contributed by atoms with Crippen molar-refractivity contribution in [3.63, 3.8) is 0 Å². The van der Waals surface area contributed by atoms with Crippen molar-refractivity contribution >= 4 is 22.4 Å². The Bertz CT molecular complexity index is 879. The van der Waals surface area contributed by atoms with Gasteiger partial charge in [-0.05, 0) is 31.0 Å². The number of nitrogens with one attached hydrogen (secondary N) is 2. The Morgan fingerprint density at radius 2 is 2.04 bits per heavy atom. The number of rotatable bonds is 9. The average molecular weight is 392 g/mol. The second-order valence-corrected chi connectivity index (χ2v) is 7.47. The topological polar surface area (TPSA) is 97.5 Å². The monoisotopic (exact) mass is 392 g/mol. The third kappa shape index (κ3) is 6.25. The minimum absolute atomic E-state index is 0.0711. The number of amides is 1. The molecule has 1 heterocycles. The number of hydrogen-bond acceptors (Lipinski definition) is 5. The number of pyridine rings is 1. The lowest BCUT2D eigenvalue weighted by Gasteiger charge is -2.11. The SMILES string of the molecule is CCCOc1c[nH]c(CS(=O)CC(=O)Nc2cc(C)ccc2OC)cc1=O. The number of hydrogen-bond donors (Lipinski definition) is 2. The highest BCUT2D eigenvalue weighted by Crippen LogP contribution is 2.25. The number of ether oxygens (including phenoxy) is 2. The van der Waals surface area contributed by atoms with E-state index in [2.05, 4.69) is 10.3 Å². The summed E-state index contributed by atoms with van der Waals surface area (Å²) >= 11 is 0. The zero-order valence-electron chi connectivity index (χ0n) is 15.7. The van der Waals surface area contributed by atoms with E-state index in [9.17, 15) is 13.8 Å². The van der Waals surface area contributed by atoms with Gasteiger partial charge in [0.1, 0.15) is 11.5 Å². The van der Waals surface area contributed by atoms with Crippen LogP contribution in [0, 0.1) is 6.92 Å². The van der Waals surface area contributed by atoms with Crippen LogP contribution in [0.1, 0.15) is 24.6 Å². The van der Waals surface area contributed by atoms with Crippen LogP contribution in [0.4, 0.5) is 5.69 Å². The number of H-pyrrole nitrogens is 1. The van der Waals surface area contributed by atoms with Crippen molar-refractivity contribution in [3.05, 3.63) is 51.9 Å². The number of aromatic nitrogens is 1. The second kappa shape index (κ2) is 9.91. The van der Waals surface area contributed by atoms with Gasteiger partial charge in [-0.2, -0.15) is 0 Å². The molecule has 0 fully saturated rings. The third-order valence-corrected chi connectivity index (χ3v) is 4.85. The Balaban J connectivity index is 1.95. The number of aryl methyl sites for hydroxylation is 1. The van der Waals surface area contributed by atoms with Crippen molar-refractivity contribution < 1.29 is 18.5 Å². The number of methoxy groups -OCH3 is 1. The van der Waals surface area contributed by atoms with Gasteiger partial charge < -0.3 is 19.8 Å².